The average molecular weight is 205 g/mol. The van der Waals surface area contributed by atoms with E-state index in [1.807, 2.05) is 13.8 Å². The van der Waals surface area contributed by atoms with Crippen LogP contribution in [0.15, 0.2) is 0 Å². The second-order valence-electron chi connectivity index (χ2n) is 3.07. The lowest BCUT2D eigenvalue weighted by Gasteiger charge is -2.19. The van der Waals surface area contributed by atoms with E-state index >= 15 is 0 Å². The van der Waals surface area contributed by atoms with Crippen LogP contribution in [0.2, 0.25) is 0 Å². The molecule has 0 aromatic carbocycles. The minimum Gasteiger partial charge on any atom is -0.480 e. The van der Waals surface area contributed by atoms with Gasteiger partial charge in [0.1, 0.15) is 6.04 Å². The quantitative estimate of drug-likeness (QED) is 0.588. The van der Waals surface area contributed by atoms with Crippen molar-refractivity contribution in [3.8, 4) is 0 Å². The molecule has 0 aromatic heterocycles. The maximum absolute atomic E-state index is 10.7. The van der Waals surface area contributed by atoms with E-state index in [9.17, 15) is 4.79 Å². The van der Waals surface area contributed by atoms with E-state index in [-0.39, 0.29) is 12.6 Å². The highest BCUT2D eigenvalue weighted by Crippen LogP contribution is 1.91. The molecular weight excluding hydrogens is 186 g/mol. The summed E-state index contributed by atoms with van der Waals surface area (Å²) in [6, 6.07) is -0.665. The number of carbonyl (C=O) groups is 1. The zero-order chi connectivity index (χ0) is 11.0. The summed E-state index contributed by atoms with van der Waals surface area (Å²) in [5.74, 6) is -0.907. The predicted molar refractivity (Wildman–Crippen MR) is 52.4 cm³/mol. The largest absolute Gasteiger partial charge is 0.480 e. The van der Waals surface area contributed by atoms with Gasteiger partial charge in [-0.05, 0) is 13.8 Å². The fourth-order valence-corrected chi connectivity index (χ4v) is 1.04. The highest BCUT2D eigenvalue weighted by molar-refractivity contribution is 5.73. The Labute approximate surface area is 84.4 Å². The van der Waals surface area contributed by atoms with E-state index in [1.165, 1.54) is 7.11 Å². The summed E-state index contributed by atoms with van der Waals surface area (Å²) in [5.41, 5.74) is 0. The zero-order valence-corrected chi connectivity index (χ0v) is 8.95. The smallest absolute Gasteiger partial charge is 0.323 e. The number of carboxylic acid groups (broad SMARTS) is 1. The molecule has 0 amide bonds. The molecule has 0 radical (unpaired) electrons. The van der Waals surface area contributed by atoms with Gasteiger partial charge in [-0.2, -0.15) is 0 Å². The number of methoxy groups -OCH3 is 1. The number of aliphatic carboxylic acids is 1. The molecule has 0 rings (SSSR count). The Morgan fingerprint density at radius 1 is 1.50 bits per heavy atom. The zero-order valence-electron chi connectivity index (χ0n) is 8.95. The third-order valence-corrected chi connectivity index (χ3v) is 1.69. The van der Waals surface area contributed by atoms with Gasteiger partial charge in [-0.15, -0.1) is 0 Å². The maximum atomic E-state index is 10.7. The average Bonchev–Trinajstić information content (AvgIpc) is 2.14. The molecule has 5 heteroatoms. The number of carboxylic acids is 1. The number of hydrogen-bond acceptors (Lipinski definition) is 4. The standard InChI is InChI=1S/C9H19NO4/c1-4-14-5-7(2)10-8(6-13-3)9(11)12/h7-8,10H,4-6H2,1-3H3,(H,11,12). The second kappa shape index (κ2) is 7.73. The van der Waals surface area contributed by atoms with Crippen molar-refractivity contribution in [2.24, 2.45) is 0 Å². The molecule has 0 saturated carbocycles. The molecule has 0 aliphatic carbocycles. The van der Waals surface area contributed by atoms with Crippen LogP contribution >= 0.6 is 0 Å². The summed E-state index contributed by atoms with van der Waals surface area (Å²) in [4.78, 5) is 10.7. The van der Waals surface area contributed by atoms with Gasteiger partial charge in [0.05, 0.1) is 13.2 Å². The van der Waals surface area contributed by atoms with E-state index in [0.29, 0.717) is 13.2 Å². The van der Waals surface area contributed by atoms with Crippen LogP contribution < -0.4 is 5.32 Å². The van der Waals surface area contributed by atoms with Crippen LogP contribution in [0.1, 0.15) is 13.8 Å². The summed E-state index contributed by atoms with van der Waals surface area (Å²) in [6.07, 6.45) is 0. The Morgan fingerprint density at radius 2 is 2.14 bits per heavy atom. The van der Waals surface area contributed by atoms with Crippen molar-refractivity contribution in [2.75, 3.05) is 26.9 Å². The van der Waals surface area contributed by atoms with Crippen molar-refractivity contribution in [1.29, 1.82) is 0 Å². The second-order valence-corrected chi connectivity index (χ2v) is 3.07. The minimum atomic E-state index is -0.907. The van der Waals surface area contributed by atoms with Crippen molar-refractivity contribution < 1.29 is 19.4 Å². The van der Waals surface area contributed by atoms with Crippen molar-refractivity contribution in [3.63, 3.8) is 0 Å². The van der Waals surface area contributed by atoms with Gasteiger partial charge in [0.25, 0.3) is 0 Å². The monoisotopic (exact) mass is 205 g/mol. The number of ether oxygens (including phenoxy) is 2. The fraction of sp³-hybridized carbons (Fsp3) is 0.889. The van der Waals surface area contributed by atoms with Crippen molar-refractivity contribution in [2.45, 2.75) is 25.9 Å². The van der Waals surface area contributed by atoms with Gasteiger partial charge in [0.15, 0.2) is 0 Å². The molecule has 2 atom stereocenters. The van der Waals surface area contributed by atoms with Crippen LogP contribution in [-0.4, -0.2) is 50.1 Å². The minimum absolute atomic E-state index is 0.00574. The van der Waals surface area contributed by atoms with E-state index in [1.54, 1.807) is 0 Å². The highest BCUT2D eigenvalue weighted by Gasteiger charge is 2.18. The molecular formula is C9H19NO4. The van der Waals surface area contributed by atoms with Gasteiger partial charge < -0.3 is 14.6 Å². The summed E-state index contributed by atoms with van der Waals surface area (Å²) in [6.45, 7) is 5.07. The lowest BCUT2D eigenvalue weighted by atomic mass is 10.2. The number of rotatable bonds is 8. The normalized spacial score (nSPS) is 15.1. The Balaban J connectivity index is 3.83. The first kappa shape index (κ1) is 13.4. The SMILES string of the molecule is CCOCC(C)NC(COC)C(=O)O. The highest BCUT2D eigenvalue weighted by atomic mass is 16.5. The van der Waals surface area contributed by atoms with E-state index in [2.05, 4.69) is 5.32 Å². The Kier molecular flexibility index (Phi) is 7.37. The first-order valence-electron chi connectivity index (χ1n) is 4.67. The topological polar surface area (TPSA) is 67.8 Å². The number of nitrogens with one attached hydrogen (secondary N) is 1. The summed E-state index contributed by atoms with van der Waals surface area (Å²) < 4.78 is 9.94. The third-order valence-electron chi connectivity index (χ3n) is 1.69. The van der Waals surface area contributed by atoms with Gasteiger partial charge in [0.2, 0.25) is 0 Å². The van der Waals surface area contributed by atoms with E-state index in [0.717, 1.165) is 0 Å². The van der Waals surface area contributed by atoms with Gasteiger partial charge in [-0.25, -0.2) is 0 Å². The van der Waals surface area contributed by atoms with Crippen LogP contribution in [0.4, 0.5) is 0 Å². The Hall–Kier alpha value is -0.650. The third kappa shape index (κ3) is 5.90. The summed E-state index contributed by atoms with van der Waals surface area (Å²) in [5, 5.41) is 11.7. The van der Waals surface area contributed by atoms with Crippen molar-refractivity contribution >= 4 is 5.97 Å². The molecule has 0 aliphatic rings. The van der Waals surface area contributed by atoms with E-state index < -0.39 is 12.0 Å². The maximum Gasteiger partial charge on any atom is 0.323 e. The van der Waals surface area contributed by atoms with Crippen molar-refractivity contribution in [3.05, 3.63) is 0 Å². The molecule has 0 aromatic rings. The molecule has 0 aliphatic heterocycles. The lowest BCUT2D eigenvalue weighted by molar-refractivity contribution is -0.141. The fourth-order valence-electron chi connectivity index (χ4n) is 1.04. The Morgan fingerprint density at radius 3 is 2.57 bits per heavy atom. The van der Waals surface area contributed by atoms with Crippen LogP contribution in [0.5, 0.6) is 0 Å². The molecule has 0 bridgehead atoms. The molecule has 0 fully saturated rings. The predicted octanol–water partition coefficient (Wildman–Crippen LogP) is 0.101. The van der Waals surface area contributed by atoms with Gasteiger partial charge in [0, 0.05) is 19.8 Å². The lowest BCUT2D eigenvalue weighted by Crippen LogP contribution is -2.46. The molecule has 14 heavy (non-hydrogen) atoms. The summed E-state index contributed by atoms with van der Waals surface area (Å²) in [7, 11) is 1.48. The van der Waals surface area contributed by atoms with Crippen LogP contribution in [0.25, 0.3) is 0 Å². The van der Waals surface area contributed by atoms with Crippen LogP contribution in [-0.2, 0) is 14.3 Å². The number of hydrogen-bond donors (Lipinski definition) is 2. The molecule has 2 N–H and O–H groups in total. The molecule has 0 heterocycles. The molecule has 0 saturated heterocycles. The molecule has 84 valence electrons. The van der Waals surface area contributed by atoms with Gasteiger partial charge in [-0.3, -0.25) is 10.1 Å². The van der Waals surface area contributed by atoms with Gasteiger partial charge >= 0.3 is 5.97 Å². The van der Waals surface area contributed by atoms with Gasteiger partial charge in [-0.1, -0.05) is 0 Å². The first-order valence-corrected chi connectivity index (χ1v) is 4.67. The van der Waals surface area contributed by atoms with Crippen LogP contribution in [0, 0.1) is 0 Å². The summed E-state index contributed by atoms with van der Waals surface area (Å²) >= 11 is 0. The van der Waals surface area contributed by atoms with Crippen LogP contribution in [0.3, 0.4) is 0 Å². The van der Waals surface area contributed by atoms with Crippen molar-refractivity contribution in [1.82, 2.24) is 5.32 Å². The van der Waals surface area contributed by atoms with E-state index in [4.69, 9.17) is 14.6 Å². The molecule has 5 nitrogen and oxygen atoms in total. The Bertz CT molecular complexity index is 163. The molecule has 0 spiro atoms. The molecule has 2 unspecified atom stereocenters. The first-order chi connectivity index (χ1) is 6.61.